The molecule has 1 N–H and O–H groups in total. The summed E-state index contributed by atoms with van der Waals surface area (Å²) in [6.07, 6.45) is -5.91. The first-order valence-electron chi connectivity index (χ1n) is 13.6. The van der Waals surface area contributed by atoms with Gasteiger partial charge >= 0.3 is 18.4 Å². The van der Waals surface area contributed by atoms with E-state index < -0.39 is 30.3 Å². The highest BCUT2D eigenvalue weighted by molar-refractivity contribution is 7.98. The minimum Gasteiger partial charge on any atom is -0.492 e. The summed E-state index contributed by atoms with van der Waals surface area (Å²) in [5, 5.41) is 9.28. The van der Waals surface area contributed by atoms with Gasteiger partial charge in [0.1, 0.15) is 12.4 Å². The summed E-state index contributed by atoms with van der Waals surface area (Å²) in [7, 11) is 0. The predicted octanol–water partition coefficient (Wildman–Crippen LogP) is 6.82. The van der Waals surface area contributed by atoms with Gasteiger partial charge < -0.3 is 29.0 Å². The number of ether oxygens (including phenoxy) is 4. The molecule has 0 aliphatic carbocycles. The van der Waals surface area contributed by atoms with Crippen molar-refractivity contribution in [3.05, 3.63) is 90.0 Å². The summed E-state index contributed by atoms with van der Waals surface area (Å²) in [5.74, 6) is 0.0463. The maximum Gasteiger partial charge on any atom is 0.573 e. The van der Waals surface area contributed by atoms with Crippen LogP contribution in [0.3, 0.4) is 0 Å². The van der Waals surface area contributed by atoms with Crippen LogP contribution >= 0.6 is 11.8 Å². The minimum absolute atomic E-state index is 0.0863. The summed E-state index contributed by atoms with van der Waals surface area (Å²) in [5.41, 5.74) is 1.94. The number of carbonyl (C=O) groups excluding carboxylic acids is 1. The average molecular weight is 622 g/mol. The fourth-order valence-corrected chi connectivity index (χ4v) is 4.85. The molecule has 12 heteroatoms. The number of hydrogen-bond acceptors (Lipinski definition) is 7. The smallest absolute Gasteiger partial charge is 0.492 e. The Morgan fingerprint density at radius 2 is 1.58 bits per heavy atom. The third kappa shape index (κ3) is 12.5. The fourth-order valence-electron chi connectivity index (χ4n) is 3.95. The standard InChI is InChI=1S/C31H34F3NO7S/c1-2-39-28(29(36)37)21-23-13-15-25(16-14-23)40-19-18-35(17-8-20-43-22-24-9-4-3-5-10-24)30(38)41-26-11-6-7-12-27(26)42-31(32,33)34/h3-7,9-16,28H,2,8,17-22H2,1H3,(H,36,37). The zero-order chi connectivity index (χ0) is 31.1. The number of thioether (sulfide) groups is 1. The van der Waals surface area contributed by atoms with Gasteiger partial charge in [0, 0.05) is 25.3 Å². The number of carbonyl (C=O) groups is 2. The van der Waals surface area contributed by atoms with Crippen molar-refractivity contribution >= 4 is 23.8 Å². The summed E-state index contributed by atoms with van der Waals surface area (Å²) in [6.45, 7) is 2.49. The SMILES string of the molecule is CCOC(Cc1ccc(OCCN(CCCSCc2ccccc2)C(=O)Oc2ccccc2OC(F)(F)F)cc1)C(=O)O. The molecule has 0 saturated carbocycles. The van der Waals surface area contributed by atoms with Gasteiger partial charge in [0.25, 0.3) is 0 Å². The lowest BCUT2D eigenvalue weighted by molar-refractivity contribution is -0.275. The second-order valence-electron chi connectivity index (χ2n) is 9.22. The number of hydrogen-bond donors (Lipinski definition) is 1. The Kier molecular flexibility index (Phi) is 13.5. The molecule has 0 heterocycles. The Labute approximate surface area is 252 Å². The molecule has 43 heavy (non-hydrogen) atoms. The summed E-state index contributed by atoms with van der Waals surface area (Å²) in [6, 6.07) is 21.9. The van der Waals surface area contributed by atoms with E-state index >= 15 is 0 Å². The van der Waals surface area contributed by atoms with Gasteiger partial charge in [-0.15, -0.1) is 13.2 Å². The number of para-hydroxylation sites is 2. The van der Waals surface area contributed by atoms with Crippen molar-refractivity contribution in [3.63, 3.8) is 0 Å². The zero-order valence-corrected chi connectivity index (χ0v) is 24.4. The first-order valence-corrected chi connectivity index (χ1v) is 14.8. The Hall–Kier alpha value is -3.90. The second-order valence-corrected chi connectivity index (χ2v) is 10.3. The van der Waals surface area contributed by atoms with E-state index in [1.807, 2.05) is 30.3 Å². The van der Waals surface area contributed by atoms with E-state index in [9.17, 15) is 27.9 Å². The molecule has 0 aliphatic heterocycles. The van der Waals surface area contributed by atoms with Gasteiger partial charge in [0.05, 0.1) is 6.54 Å². The molecule has 1 atom stereocenters. The highest BCUT2D eigenvalue weighted by atomic mass is 32.2. The average Bonchev–Trinajstić information content (AvgIpc) is 2.97. The quantitative estimate of drug-likeness (QED) is 0.164. The van der Waals surface area contributed by atoms with E-state index in [1.165, 1.54) is 28.7 Å². The van der Waals surface area contributed by atoms with Crippen LogP contribution in [-0.4, -0.2) is 66.6 Å². The van der Waals surface area contributed by atoms with Crippen LogP contribution in [0.4, 0.5) is 18.0 Å². The lowest BCUT2D eigenvalue weighted by Gasteiger charge is -2.23. The number of amides is 1. The summed E-state index contributed by atoms with van der Waals surface area (Å²) in [4.78, 5) is 25.8. The van der Waals surface area contributed by atoms with Crippen molar-refractivity contribution in [2.24, 2.45) is 0 Å². The molecule has 0 spiro atoms. The van der Waals surface area contributed by atoms with Crippen molar-refractivity contribution in [2.75, 3.05) is 32.1 Å². The molecule has 0 radical (unpaired) electrons. The third-order valence-electron chi connectivity index (χ3n) is 5.98. The van der Waals surface area contributed by atoms with E-state index in [2.05, 4.69) is 4.74 Å². The lowest BCUT2D eigenvalue weighted by Crippen LogP contribution is -2.38. The van der Waals surface area contributed by atoms with Crippen LogP contribution in [0.15, 0.2) is 78.9 Å². The molecule has 8 nitrogen and oxygen atoms in total. The van der Waals surface area contributed by atoms with Crippen LogP contribution < -0.4 is 14.2 Å². The largest absolute Gasteiger partial charge is 0.573 e. The number of halogens is 3. The fraction of sp³-hybridized carbons (Fsp3) is 0.355. The third-order valence-corrected chi connectivity index (χ3v) is 7.09. The van der Waals surface area contributed by atoms with Crippen molar-refractivity contribution in [2.45, 2.75) is 38.0 Å². The Bertz CT molecular complexity index is 1280. The maximum absolute atomic E-state index is 13.1. The number of carboxylic acids is 1. The predicted molar refractivity (Wildman–Crippen MR) is 157 cm³/mol. The van der Waals surface area contributed by atoms with Crippen LogP contribution in [0.2, 0.25) is 0 Å². The van der Waals surface area contributed by atoms with Gasteiger partial charge in [-0.25, -0.2) is 9.59 Å². The molecular weight excluding hydrogens is 587 g/mol. The molecule has 3 rings (SSSR count). The highest BCUT2D eigenvalue weighted by Crippen LogP contribution is 2.32. The van der Waals surface area contributed by atoms with E-state index in [4.69, 9.17) is 14.2 Å². The summed E-state index contributed by atoms with van der Waals surface area (Å²) < 4.78 is 58.9. The van der Waals surface area contributed by atoms with Crippen LogP contribution in [0.5, 0.6) is 17.2 Å². The zero-order valence-electron chi connectivity index (χ0n) is 23.6. The Morgan fingerprint density at radius 1 is 0.907 bits per heavy atom. The van der Waals surface area contributed by atoms with E-state index in [1.54, 1.807) is 43.0 Å². The van der Waals surface area contributed by atoms with E-state index in [0.717, 1.165) is 23.1 Å². The van der Waals surface area contributed by atoms with Crippen LogP contribution in [0.1, 0.15) is 24.5 Å². The first kappa shape index (κ1) is 33.6. The molecule has 0 fully saturated rings. The maximum atomic E-state index is 13.1. The minimum atomic E-state index is -4.95. The molecule has 1 amide bonds. The molecule has 0 saturated heterocycles. The van der Waals surface area contributed by atoms with Crippen molar-refractivity contribution < 1.29 is 46.8 Å². The van der Waals surface area contributed by atoms with Gasteiger partial charge in [-0.1, -0.05) is 54.6 Å². The number of alkyl halides is 3. The molecule has 3 aromatic rings. The number of nitrogens with zero attached hydrogens (tertiary/aromatic N) is 1. The van der Waals surface area contributed by atoms with E-state index in [0.29, 0.717) is 18.7 Å². The monoisotopic (exact) mass is 621 g/mol. The molecule has 3 aromatic carbocycles. The first-order chi connectivity index (χ1) is 20.6. The topological polar surface area (TPSA) is 94.5 Å². The normalized spacial score (nSPS) is 11.9. The molecule has 0 aromatic heterocycles. The Balaban J connectivity index is 1.59. The summed E-state index contributed by atoms with van der Waals surface area (Å²) >= 11 is 1.70. The number of aliphatic carboxylic acids is 1. The molecule has 232 valence electrons. The van der Waals surface area contributed by atoms with Gasteiger partial charge in [-0.2, -0.15) is 11.8 Å². The van der Waals surface area contributed by atoms with Gasteiger partial charge in [-0.3, -0.25) is 0 Å². The number of benzene rings is 3. The number of carboxylic acid groups (broad SMARTS) is 1. The van der Waals surface area contributed by atoms with Crippen molar-refractivity contribution in [1.29, 1.82) is 0 Å². The highest BCUT2D eigenvalue weighted by Gasteiger charge is 2.33. The van der Waals surface area contributed by atoms with Gasteiger partial charge in [0.15, 0.2) is 17.6 Å². The van der Waals surface area contributed by atoms with Crippen LogP contribution in [0.25, 0.3) is 0 Å². The van der Waals surface area contributed by atoms with Crippen molar-refractivity contribution in [3.8, 4) is 17.2 Å². The van der Waals surface area contributed by atoms with Crippen molar-refractivity contribution in [1.82, 2.24) is 4.90 Å². The molecular formula is C31H34F3NO7S. The number of rotatable bonds is 17. The van der Waals surface area contributed by atoms with Gasteiger partial charge in [-0.05, 0) is 54.5 Å². The Morgan fingerprint density at radius 3 is 2.23 bits per heavy atom. The van der Waals surface area contributed by atoms with Crippen LogP contribution in [0, 0.1) is 0 Å². The molecule has 0 aliphatic rings. The van der Waals surface area contributed by atoms with Crippen LogP contribution in [-0.2, 0) is 21.7 Å². The molecule has 0 bridgehead atoms. The molecule has 1 unspecified atom stereocenters. The lowest BCUT2D eigenvalue weighted by atomic mass is 10.1. The van der Waals surface area contributed by atoms with E-state index in [-0.39, 0.29) is 31.9 Å². The van der Waals surface area contributed by atoms with Gasteiger partial charge in [0.2, 0.25) is 0 Å². The second kappa shape index (κ2) is 17.3.